The van der Waals surface area contributed by atoms with Crippen LogP contribution in [0.4, 0.5) is 5.69 Å². The normalized spacial score (nSPS) is 17.0. The van der Waals surface area contributed by atoms with E-state index in [9.17, 15) is 15.0 Å². The number of carbonyl (C=O) groups excluding carboxylic acids is 1. The molecule has 0 saturated heterocycles. The minimum Gasteiger partial charge on any atom is -0.506 e. The number of carbonyl (C=O) groups is 1. The number of aliphatic hydroxyl groups excluding tert-OH is 2. The largest absolute Gasteiger partial charge is 0.506 e. The average Bonchev–Trinajstić information content (AvgIpc) is 3.55. The number of aromatic nitrogens is 1. The molecule has 2 heterocycles. The molecule has 1 aromatic heterocycles. The Labute approximate surface area is 202 Å². The highest BCUT2D eigenvalue weighted by molar-refractivity contribution is 6.38. The summed E-state index contributed by atoms with van der Waals surface area (Å²) in [6.45, 7) is 0.146. The first kappa shape index (κ1) is 23.1. The van der Waals surface area contributed by atoms with Crippen LogP contribution in [0, 0.1) is 0 Å². The highest BCUT2D eigenvalue weighted by atomic mass is 35.5. The fourth-order valence-corrected chi connectivity index (χ4v) is 4.40. The van der Waals surface area contributed by atoms with Crippen molar-refractivity contribution < 1.29 is 19.7 Å². The summed E-state index contributed by atoms with van der Waals surface area (Å²) in [7, 11) is 1.51. The maximum atomic E-state index is 12.7. The smallest absolute Gasteiger partial charge is 0.260 e. The van der Waals surface area contributed by atoms with E-state index in [4.69, 9.17) is 16.3 Å². The number of ether oxygens (including phenoxy) is 1. The lowest BCUT2D eigenvalue weighted by atomic mass is 9.93. The molecule has 3 N–H and O–H groups in total. The molecular weight excluding hydrogens is 463 g/mol. The summed E-state index contributed by atoms with van der Waals surface area (Å²) in [4.78, 5) is 16.8. The van der Waals surface area contributed by atoms with Crippen LogP contribution in [0.25, 0.3) is 22.5 Å². The third-order valence-electron chi connectivity index (χ3n) is 6.27. The number of amides is 1. The molecule has 6 nitrogen and oxygen atoms in total. The SMILES string of the molecule is COc1ccc(C(O)=C2C(=O)Nc3cc(Cl)c(-c4ccc(C5(CO)CC5)cc4)cc32)cn1.Cl. The summed E-state index contributed by atoms with van der Waals surface area (Å²) in [5, 5.41) is 23.8. The van der Waals surface area contributed by atoms with Crippen molar-refractivity contribution in [2.45, 2.75) is 18.3 Å². The van der Waals surface area contributed by atoms with E-state index in [1.54, 1.807) is 18.2 Å². The van der Waals surface area contributed by atoms with Crippen LogP contribution < -0.4 is 10.1 Å². The highest BCUT2D eigenvalue weighted by Gasteiger charge is 2.43. The molecule has 1 aliphatic heterocycles. The van der Waals surface area contributed by atoms with Gasteiger partial charge in [0, 0.05) is 34.4 Å². The summed E-state index contributed by atoms with van der Waals surface area (Å²) in [5.74, 6) is -0.163. The maximum absolute atomic E-state index is 12.7. The van der Waals surface area contributed by atoms with E-state index in [0.29, 0.717) is 27.7 Å². The second kappa shape index (κ2) is 8.71. The van der Waals surface area contributed by atoms with Crippen LogP contribution in [0.15, 0.2) is 54.7 Å². The van der Waals surface area contributed by atoms with Gasteiger partial charge in [-0.2, -0.15) is 0 Å². The van der Waals surface area contributed by atoms with Crippen LogP contribution in [0.2, 0.25) is 5.02 Å². The van der Waals surface area contributed by atoms with Crippen molar-refractivity contribution in [2.75, 3.05) is 19.0 Å². The number of nitrogens with zero attached hydrogens (tertiary/aromatic N) is 1. The quantitative estimate of drug-likeness (QED) is 0.340. The number of anilines is 1. The van der Waals surface area contributed by atoms with Crippen LogP contribution in [0.5, 0.6) is 5.88 Å². The number of methoxy groups -OCH3 is 1. The molecule has 0 atom stereocenters. The van der Waals surface area contributed by atoms with E-state index >= 15 is 0 Å². The van der Waals surface area contributed by atoms with Gasteiger partial charge >= 0.3 is 0 Å². The minimum absolute atomic E-state index is 0. The van der Waals surface area contributed by atoms with Gasteiger partial charge < -0.3 is 20.3 Å². The Morgan fingerprint density at radius 1 is 1.15 bits per heavy atom. The van der Waals surface area contributed by atoms with E-state index < -0.39 is 5.91 Å². The van der Waals surface area contributed by atoms with E-state index in [0.717, 1.165) is 29.5 Å². The van der Waals surface area contributed by atoms with Crippen LogP contribution in [-0.4, -0.2) is 34.8 Å². The predicted molar refractivity (Wildman–Crippen MR) is 131 cm³/mol. The van der Waals surface area contributed by atoms with Crippen molar-refractivity contribution in [3.05, 3.63) is 76.4 Å². The number of nitrogens with one attached hydrogen (secondary N) is 1. The van der Waals surface area contributed by atoms with E-state index in [1.165, 1.54) is 13.3 Å². The second-order valence-corrected chi connectivity index (χ2v) is 8.57. The summed E-state index contributed by atoms with van der Waals surface area (Å²) in [6.07, 6.45) is 3.44. The molecule has 1 fully saturated rings. The zero-order valence-electron chi connectivity index (χ0n) is 17.8. The van der Waals surface area contributed by atoms with Crippen molar-refractivity contribution in [1.29, 1.82) is 0 Å². The Morgan fingerprint density at radius 2 is 1.88 bits per heavy atom. The van der Waals surface area contributed by atoms with Crippen molar-refractivity contribution in [3.63, 3.8) is 0 Å². The van der Waals surface area contributed by atoms with E-state index in [2.05, 4.69) is 10.3 Å². The van der Waals surface area contributed by atoms with Gasteiger partial charge in [-0.25, -0.2) is 4.98 Å². The zero-order chi connectivity index (χ0) is 22.5. The summed E-state index contributed by atoms with van der Waals surface area (Å²) in [6, 6.07) is 14.7. The van der Waals surface area contributed by atoms with Gasteiger partial charge in [-0.15, -0.1) is 12.4 Å². The molecule has 5 rings (SSSR count). The topological polar surface area (TPSA) is 91.7 Å². The highest BCUT2D eigenvalue weighted by Crippen LogP contribution is 2.48. The van der Waals surface area contributed by atoms with Crippen molar-refractivity contribution >= 4 is 46.9 Å². The number of hydrogen-bond donors (Lipinski definition) is 3. The monoisotopic (exact) mass is 484 g/mol. The number of fused-ring (bicyclic) bond motifs is 1. The number of rotatable bonds is 5. The standard InChI is InChI=1S/C25H21ClN2O4.ClH/c1-32-21-7-4-15(12-27-21)23(30)22-18-10-17(19(26)11-20(18)28-24(22)31)14-2-5-16(6-3-14)25(13-29)8-9-25;/h2-7,10-12,29-30H,8-9,13H2,1H3,(H,28,31);1H. The Kier molecular flexibility index (Phi) is 6.10. The van der Waals surface area contributed by atoms with Gasteiger partial charge in [0.1, 0.15) is 5.76 Å². The molecule has 0 spiro atoms. The molecule has 0 unspecified atom stereocenters. The van der Waals surface area contributed by atoms with Gasteiger partial charge in [-0.05, 0) is 42.2 Å². The van der Waals surface area contributed by atoms with E-state index in [1.807, 2.05) is 30.3 Å². The summed E-state index contributed by atoms with van der Waals surface area (Å²) >= 11 is 6.54. The molecule has 33 heavy (non-hydrogen) atoms. The fourth-order valence-electron chi connectivity index (χ4n) is 4.12. The number of hydrogen-bond acceptors (Lipinski definition) is 5. The van der Waals surface area contributed by atoms with Crippen LogP contribution in [0.1, 0.15) is 29.5 Å². The average molecular weight is 485 g/mol. The molecule has 1 amide bonds. The van der Waals surface area contributed by atoms with Gasteiger partial charge in [0.05, 0.1) is 30.0 Å². The first-order valence-electron chi connectivity index (χ1n) is 10.3. The number of pyridine rings is 1. The Balaban J connectivity index is 0.00000259. The van der Waals surface area contributed by atoms with Gasteiger partial charge in [0.25, 0.3) is 5.91 Å². The lowest BCUT2D eigenvalue weighted by Crippen LogP contribution is -2.11. The van der Waals surface area contributed by atoms with Crippen LogP contribution in [-0.2, 0) is 10.2 Å². The maximum Gasteiger partial charge on any atom is 0.260 e. The molecule has 0 radical (unpaired) electrons. The van der Waals surface area contributed by atoms with Crippen molar-refractivity contribution in [1.82, 2.24) is 4.98 Å². The number of aliphatic hydroxyl groups is 2. The third kappa shape index (κ3) is 3.95. The third-order valence-corrected chi connectivity index (χ3v) is 6.58. The molecule has 2 aromatic carbocycles. The van der Waals surface area contributed by atoms with Gasteiger partial charge in [0.2, 0.25) is 5.88 Å². The lowest BCUT2D eigenvalue weighted by Gasteiger charge is -2.14. The number of benzene rings is 2. The first-order chi connectivity index (χ1) is 15.5. The molecule has 1 saturated carbocycles. The molecule has 2 aliphatic rings. The van der Waals surface area contributed by atoms with Crippen molar-refractivity contribution in [2.24, 2.45) is 0 Å². The minimum atomic E-state index is -0.407. The summed E-state index contributed by atoms with van der Waals surface area (Å²) < 4.78 is 5.05. The van der Waals surface area contributed by atoms with Gasteiger partial charge in [0.15, 0.2) is 0 Å². The molecule has 170 valence electrons. The van der Waals surface area contributed by atoms with Gasteiger partial charge in [-0.3, -0.25) is 4.79 Å². The van der Waals surface area contributed by atoms with Crippen LogP contribution in [0.3, 0.4) is 0 Å². The fraction of sp³-hybridized carbons (Fsp3) is 0.200. The van der Waals surface area contributed by atoms with E-state index in [-0.39, 0.29) is 35.8 Å². The van der Waals surface area contributed by atoms with Crippen LogP contribution >= 0.6 is 24.0 Å². The summed E-state index contributed by atoms with van der Waals surface area (Å²) in [5.41, 5.74) is 4.33. The number of halogens is 2. The zero-order valence-corrected chi connectivity index (χ0v) is 19.3. The molecule has 0 bridgehead atoms. The lowest BCUT2D eigenvalue weighted by molar-refractivity contribution is -0.110. The Bertz CT molecular complexity index is 1250. The second-order valence-electron chi connectivity index (χ2n) is 8.16. The molecular formula is C25H22Cl2N2O4. The Hall–Kier alpha value is -3.06. The molecule has 3 aromatic rings. The first-order valence-corrected chi connectivity index (χ1v) is 10.6. The Morgan fingerprint density at radius 3 is 2.45 bits per heavy atom. The molecule has 8 heteroatoms. The predicted octanol–water partition coefficient (Wildman–Crippen LogP) is 5.23. The van der Waals surface area contributed by atoms with Gasteiger partial charge in [-0.1, -0.05) is 35.9 Å². The van der Waals surface area contributed by atoms with Crippen molar-refractivity contribution in [3.8, 4) is 17.0 Å². The molecule has 1 aliphatic carbocycles.